The van der Waals surface area contributed by atoms with Crippen molar-refractivity contribution in [3.05, 3.63) is 30.0 Å². The fourth-order valence-corrected chi connectivity index (χ4v) is 2.18. The van der Waals surface area contributed by atoms with Gasteiger partial charge in [-0.05, 0) is 18.2 Å². The summed E-state index contributed by atoms with van der Waals surface area (Å²) in [5.74, 6) is 0.601. The molecule has 2 rings (SSSR count). The first kappa shape index (κ1) is 15.3. The van der Waals surface area contributed by atoms with Crippen molar-refractivity contribution < 1.29 is 19.0 Å². The third-order valence-electron chi connectivity index (χ3n) is 3.37. The minimum absolute atomic E-state index is 0.132. The summed E-state index contributed by atoms with van der Waals surface area (Å²) >= 11 is 0. The molecule has 0 bridgehead atoms. The van der Waals surface area contributed by atoms with Gasteiger partial charge in [0, 0.05) is 32.2 Å². The summed E-state index contributed by atoms with van der Waals surface area (Å²) < 4.78 is 15.5. The molecule has 114 valence electrons. The second-order valence-electron chi connectivity index (χ2n) is 4.69. The second-order valence-corrected chi connectivity index (χ2v) is 4.69. The van der Waals surface area contributed by atoms with Crippen LogP contribution in [0.2, 0.25) is 0 Å². The summed E-state index contributed by atoms with van der Waals surface area (Å²) in [7, 11) is 6.40. The maximum absolute atomic E-state index is 12.4. The molecule has 0 unspecified atom stereocenters. The standard InChI is InChI=1S/C15H20N2O4/c1-17(9-14(20-3)21-4)15(18)12-8-10-11(16-12)6-5-7-13(10)19-2/h5-8,14,16H,9H2,1-4H3. The smallest absolute Gasteiger partial charge is 0.270 e. The molecule has 1 heterocycles. The number of methoxy groups -OCH3 is 3. The van der Waals surface area contributed by atoms with E-state index in [2.05, 4.69) is 4.98 Å². The fraction of sp³-hybridized carbons (Fsp3) is 0.400. The minimum atomic E-state index is -0.446. The number of likely N-dealkylation sites (N-methyl/N-ethyl adjacent to an activating group) is 1. The van der Waals surface area contributed by atoms with E-state index < -0.39 is 6.29 Å². The van der Waals surface area contributed by atoms with E-state index in [4.69, 9.17) is 14.2 Å². The summed E-state index contributed by atoms with van der Waals surface area (Å²) in [6.07, 6.45) is -0.446. The van der Waals surface area contributed by atoms with Crippen molar-refractivity contribution in [1.29, 1.82) is 0 Å². The summed E-state index contributed by atoms with van der Waals surface area (Å²) in [6.45, 7) is 0.346. The number of aromatic nitrogens is 1. The van der Waals surface area contributed by atoms with Crippen LogP contribution in [0.5, 0.6) is 5.75 Å². The minimum Gasteiger partial charge on any atom is -0.496 e. The lowest BCUT2D eigenvalue weighted by Crippen LogP contribution is -2.36. The van der Waals surface area contributed by atoms with Crippen LogP contribution in [0.25, 0.3) is 10.9 Å². The SMILES string of the molecule is COc1cccc2[nH]c(C(=O)N(C)CC(OC)OC)cc12. The quantitative estimate of drug-likeness (QED) is 0.826. The summed E-state index contributed by atoms with van der Waals surface area (Å²) in [4.78, 5) is 17.1. The molecule has 0 aliphatic rings. The molecule has 0 atom stereocenters. The van der Waals surface area contributed by atoms with E-state index >= 15 is 0 Å². The molecule has 1 amide bonds. The molecule has 2 aromatic rings. The van der Waals surface area contributed by atoms with E-state index in [0.29, 0.717) is 12.2 Å². The Morgan fingerprint density at radius 1 is 1.29 bits per heavy atom. The predicted molar refractivity (Wildman–Crippen MR) is 79.6 cm³/mol. The van der Waals surface area contributed by atoms with Crippen LogP contribution in [0.15, 0.2) is 24.3 Å². The Bertz CT molecular complexity index is 619. The van der Waals surface area contributed by atoms with Gasteiger partial charge in [0.15, 0.2) is 6.29 Å². The lowest BCUT2D eigenvalue weighted by atomic mass is 10.2. The number of H-pyrrole nitrogens is 1. The monoisotopic (exact) mass is 292 g/mol. The van der Waals surface area contributed by atoms with E-state index in [-0.39, 0.29) is 5.91 Å². The maximum Gasteiger partial charge on any atom is 0.270 e. The number of amides is 1. The first-order valence-corrected chi connectivity index (χ1v) is 6.57. The Hall–Kier alpha value is -2.05. The Balaban J connectivity index is 2.23. The van der Waals surface area contributed by atoms with Crippen molar-refractivity contribution in [3.63, 3.8) is 0 Å². The number of nitrogens with one attached hydrogen (secondary N) is 1. The average molecular weight is 292 g/mol. The van der Waals surface area contributed by atoms with Crippen LogP contribution in [0.1, 0.15) is 10.5 Å². The number of hydrogen-bond acceptors (Lipinski definition) is 4. The molecular weight excluding hydrogens is 272 g/mol. The van der Waals surface area contributed by atoms with Crippen molar-refractivity contribution >= 4 is 16.8 Å². The molecule has 1 aromatic heterocycles. The van der Waals surface area contributed by atoms with Gasteiger partial charge in [-0.2, -0.15) is 0 Å². The number of rotatable bonds is 6. The van der Waals surface area contributed by atoms with Crippen LogP contribution in [0.3, 0.4) is 0 Å². The van der Waals surface area contributed by atoms with E-state index in [0.717, 1.165) is 16.7 Å². The molecule has 0 aliphatic heterocycles. The van der Waals surface area contributed by atoms with Crippen LogP contribution < -0.4 is 4.74 Å². The number of ether oxygens (including phenoxy) is 3. The molecule has 0 aliphatic carbocycles. The molecule has 0 saturated heterocycles. The molecule has 0 fully saturated rings. The number of carbonyl (C=O) groups excluding carboxylic acids is 1. The van der Waals surface area contributed by atoms with Crippen molar-refractivity contribution in [1.82, 2.24) is 9.88 Å². The first-order chi connectivity index (χ1) is 10.1. The van der Waals surface area contributed by atoms with Gasteiger partial charge >= 0.3 is 0 Å². The number of fused-ring (bicyclic) bond motifs is 1. The van der Waals surface area contributed by atoms with Gasteiger partial charge in [-0.1, -0.05) is 6.07 Å². The van der Waals surface area contributed by atoms with Crippen LogP contribution in [-0.2, 0) is 9.47 Å². The molecule has 21 heavy (non-hydrogen) atoms. The summed E-state index contributed by atoms with van der Waals surface area (Å²) in [6, 6.07) is 7.44. The van der Waals surface area contributed by atoms with Crippen LogP contribution >= 0.6 is 0 Å². The number of carbonyl (C=O) groups is 1. The summed E-state index contributed by atoms with van der Waals surface area (Å²) in [5.41, 5.74) is 1.36. The number of nitrogens with zero attached hydrogens (tertiary/aromatic N) is 1. The average Bonchev–Trinajstić information content (AvgIpc) is 2.95. The second kappa shape index (κ2) is 6.60. The van der Waals surface area contributed by atoms with E-state index in [1.165, 1.54) is 0 Å². The lowest BCUT2D eigenvalue weighted by Gasteiger charge is -2.21. The van der Waals surface area contributed by atoms with Gasteiger partial charge in [0.1, 0.15) is 11.4 Å². The van der Waals surface area contributed by atoms with Gasteiger partial charge in [0.05, 0.1) is 13.7 Å². The van der Waals surface area contributed by atoms with Gasteiger partial charge in [0.2, 0.25) is 0 Å². The van der Waals surface area contributed by atoms with Crippen molar-refractivity contribution in [2.75, 3.05) is 34.9 Å². The maximum atomic E-state index is 12.4. The Morgan fingerprint density at radius 3 is 2.62 bits per heavy atom. The molecule has 1 aromatic carbocycles. The molecule has 1 N–H and O–H groups in total. The Morgan fingerprint density at radius 2 is 2.00 bits per heavy atom. The highest BCUT2D eigenvalue weighted by Crippen LogP contribution is 2.26. The molecule has 6 heteroatoms. The number of aromatic amines is 1. The van der Waals surface area contributed by atoms with Gasteiger partial charge < -0.3 is 24.1 Å². The molecular formula is C15H20N2O4. The predicted octanol–water partition coefficient (Wildman–Crippen LogP) is 1.87. The third-order valence-corrected chi connectivity index (χ3v) is 3.37. The lowest BCUT2D eigenvalue weighted by molar-refractivity contribution is -0.110. The topological polar surface area (TPSA) is 63.8 Å². The van der Waals surface area contributed by atoms with Crippen LogP contribution in [-0.4, -0.2) is 57.0 Å². The van der Waals surface area contributed by atoms with Gasteiger partial charge in [-0.15, -0.1) is 0 Å². The molecule has 6 nitrogen and oxygen atoms in total. The zero-order valence-corrected chi connectivity index (χ0v) is 12.7. The molecule has 0 spiro atoms. The Labute approximate surface area is 123 Å². The molecule has 0 radical (unpaired) electrons. The van der Waals surface area contributed by atoms with E-state index in [9.17, 15) is 4.79 Å². The number of hydrogen-bond donors (Lipinski definition) is 1. The zero-order valence-electron chi connectivity index (χ0n) is 12.7. The van der Waals surface area contributed by atoms with Crippen molar-refractivity contribution in [2.24, 2.45) is 0 Å². The van der Waals surface area contributed by atoms with Gasteiger partial charge in [0.25, 0.3) is 5.91 Å². The summed E-state index contributed by atoms with van der Waals surface area (Å²) in [5, 5.41) is 0.881. The fourth-order valence-electron chi connectivity index (χ4n) is 2.18. The molecule has 0 saturated carbocycles. The van der Waals surface area contributed by atoms with E-state index in [1.54, 1.807) is 39.3 Å². The van der Waals surface area contributed by atoms with Gasteiger partial charge in [-0.3, -0.25) is 4.79 Å². The third kappa shape index (κ3) is 3.17. The van der Waals surface area contributed by atoms with Gasteiger partial charge in [-0.25, -0.2) is 0 Å². The van der Waals surface area contributed by atoms with Crippen molar-refractivity contribution in [2.45, 2.75) is 6.29 Å². The normalized spacial score (nSPS) is 11.1. The highest BCUT2D eigenvalue weighted by molar-refractivity contribution is 5.99. The highest BCUT2D eigenvalue weighted by Gasteiger charge is 2.19. The first-order valence-electron chi connectivity index (χ1n) is 6.57. The highest BCUT2D eigenvalue weighted by atomic mass is 16.7. The van der Waals surface area contributed by atoms with Crippen LogP contribution in [0.4, 0.5) is 0 Å². The Kier molecular flexibility index (Phi) is 4.82. The van der Waals surface area contributed by atoms with Crippen LogP contribution in [0, 0.1) is 0 Å². The van der Waals surface area contributed by atoms with E-state index in [1.807, 2.05) is 18.2 Å². The number of benzene rings is 1. The van der Waals surface area contributed by atoms with Crippen molar-refractivity contribution in [3.8, 4) is 5.75 Å². The largest absolute Gasteiger partial charge is 0.496 e. The zero-order chi connectivity index (χ0) is 15.4.